The van der Waals surface area contributed by atoms with Gasteiger partial charge in [0.2, 0.25) is 0 Å². The van der Waals surface area contributed by atoms with Crippen LogP contribution < -0.4 is 5.32 Å². The first-order chi connectivity index (χ1) is 7.87. The van der Waals surface area contributed by atoms with Gasteiger partial charge in [0.1, 0.15) is 0 Å². The van der Waals surface area contributed by atoms with Crippen LogP contribution in [0.1, 0.15) is 6.42 Å². The third-order valence-corrected chi connectivity index (χ3v) is 6.64. The van der Waals surface area contributed by atoms with Gasteiger partial charge in [0.05, 0.1) is 29.0 Å². The van der Waals surface area contributed by atoms with Gasteiger partial charge in [0, 0.05) is 24.6 Å². The van der Waals surface area contributed by atoms with Crippen molar-refractivity contribution in [3.05, 3.63) is 0 Å². The molecule has 1 aliphatic rings. The van der Waals surface area contributed by atoms with Crippen molar-refractivity contribution < 1.29 is 22.2 Å². The summed E-state index contributed by atoms with van der Waals surface area (Å²) in [5.41, 5.74) is 0. The van der Waals surface area contributed by atoms with E-state index in [1.165, 1.54) is 7.11 Å². The van der Waals surface area contributed by atoms with Crippen LogP contribution in [0.25, 0.3) is 0 Å². The minimum atomic E-state index is -3.82. The van der Waals surface area contributed by atoms with Crippen LogP contribution in [0.15, 0.2) is 3.77 Å². The minimum absolute atomic E-state index is 0.227. The molecule has 7 nitrogen and oxygen atoms in total. The fraction of sp³-hybridized carbons (Fsp3) is 0.875. The molecule has 0 aromatic heterocycles. The Morgan fingerprint density at radius 1 is 1.41 bits per heavy atom. The maximum atomic E-state index is 12.0. The normalized spacial score (nSPS) is 19.6. The molecule has 1 aliphatic heterocycles. The number of rotatable bonds is 4. The van der Waals surface area contributed by atoms with E-state index in [4.69, 9.17) is 0 Å². The molecule has 0 unspecified atom stereocenters. The Bertz CT molecular complexity index is 478. The number of nitrogens with one attached hydrogen (secondary N) is 1. The second-order valence-corrected chi connectivity index (χ2v) is 8.15. The second-order valence-electron chi connectivity index (χ2n) is 3.62. The highest BCUT2D eigenvalue weighted by Crippen LogP contribution is 2.07. The van der Waals surface area contributed by atoms with Gasteiger partial charge in [0.15, 0.2) is 0 Å². The number of hydrogen-bond acceptors (Lipinski definition) is 6. The first-order valence-electron chi connectivity index (χ1n) is 5.11. The molecule has 0 aromatic rings. The molecule has 0 radical (unpaired) electrons. The van der Waals surface area contributed by atoms with Crippen molar-refractivity contribution in [1.82, 2.24) is 5.32 Å². The minimum Gasteiger partial charge on any atom is -0.469 e. The molecule has 0 spiro atoms. The molecular weight excluding hydrogens is 268 g/mol. The van der Waals surface area contributed by atoms with Crippen LogP contribution in [0.2, 0.25) is 0 Å². The van der Waals surface area contributed by atoms with Crippen molar-refractivity contribution in [1.29, 1.82) is 0 Å². The molecular formula is C8H16N2O5S2. The molecule has 17 heavy (non-hydrogen) atoms. The standard InChI is InChI=1S/C8H16N2O5S2/c1-15-8(11)2-5-17(13,14)10-16(12)6-3-9-4-7-16/h9H,2-7H2,1H3. The van der Waals surface area contributed by atoms with Crippen molar-refractivity contribution >= 4 is 25.7 Å². The number of nitrogens with zero attached hydrogens (tertiary/aromatic N) is 1. The highest BCUT2D eigenvalue weighted by Gasteiger charge is 2.20. The summed E-state index contributed by atoms with van der Waals surface area (Å²) in [5, 5.41) is 2.98. The summed E-state index contributed by atoms with van der Waals surface area (Å²) in [6.45, 7) is 0.990. The lowest BCUT2D eigenvalue weighted by Gasteiger charge is -2.16. The SMILES string of the molecule is COC(=O)CCS(=O)(=O)N=S1(=O)CCNCC1. The molecule has 0 amide bonds. The monoisotopic (exact) mass is 284 g/mol. The van der Waals surface area contributed by atoms with Gasteiger partial charge in [-0.05, 0) is 0 Å². The van der Waals surface area contributed by atoms with Crippen molar-refractivity contribution in [3.63, 3.8) is 0 Å². The maximum Gasteiger partial charge on any atom is 0.306 e. The van der Waals surface area contributed by atoms with Gasteiger partial charge in [0.25, 0.3) is 10.0 Å². The Morgan fingerprint density at radius 2 is 2.00 bits per heavy atom. The first-order valence-corrected chi connectivity index (χ1v) is 8.57. The lowest BCUT2D eigenvalue weighted by Crippen LogP contribution is -2.36. The number of esters is 1. The Hall–Kier alpha value is -0.670. The molecule has 1 rings (SSSR count). The molecule has 1 N–H and O–H groups in total. The molecule has 9 heteroatoms. The zero-order valence-corrected chi connectivity index (χ0v) is 11.2. The van der Waals surface area contributed by atoms with Crippen LogP contribution >= 0.6 is 0 Å². The Labute approximate surface area is 101 Å². The predicted octanol–water partition coefficient (Wildman–Crippen LogP) is -1.05. The number of methoxy groups -OCH3 is 1. The lowest BCUT2D eigenvalue weighted by molar-refractivity contribution is -0.140. The van der Waals surface area contributed by atoms with Gasteiger partial charge in [-0.1, -0.05) is 0 Å². The maximum absolute atomic E-state index is 12.0. The van der Waals surface area contributed by atoms with Crippen molar-refractivity contribution in [3.8, 4) is 0 Å². The highest BCUT2D eigenvalue weighted by atomic mass is 32.3. The number of carbonyl (C=O) groups excluding carboxylic acids is 1. The fourth-order valence-corrected chi connectivity index (χ4v) is 5.43. The fourth-order valence-electron chi connectivity index (χ4n) is 1.32. The topological polar surface area (TPSA) is 102 Å². The van der Waals surface area contributed by atoms with E-state index in [1.807, 2.05) is 0 Å². The molecule has 0 atom stereocenters. The summed E-state index contributed by atoms with van der Waals surface area (Å²) in [6.07, 6.45) is -0.268. The number of hydrogen-bond donors (Lipinski definition) is 1. The van der Waals surface area contributed by atoms with Crippen molar-refractivity contribution in [2.24, 2.45) is 3.77 Å². The summed E-state index contributed by atoms with van der Waals surface area (Å²) in [6, 6.07) is 0. The van der Waals surface area contributed by atoms with Crippen LogP contribution in [0.5, 0.6) is 0 Å². The predicted molar refractivity (Wildman–Crippen MR) is 63.6 cm³/mol. The number of ether oxygens (including phenoxy) is 1. The molecule has 0 saturated carbocycles. The van der Waals surface area contributed by atoms with Gasteiger partial charge in [-0.3, -0.25) is 4.79 Å². The summed E-state index contributed by atoms with van der Waals surface area (Å²) < 4.78 is 42.9. The van der Waals surface area contributed by atoms with E-state index in [0.29, 0.717) is 13.1 Å². The largest absolute Gasteiger partial charge is 0.469 e. The summed E-state index contributed by atoms with van der Waals surface area (Å²) >= 11 is 0. The summed E-state index contributed by atoms with van der Waals surface area (Å²) in [7, 11) is -5.32. The molecule has 1 saturated heterocycles. The van der Waals surface area contributed by atoms with E-state index < -0.39 is 31.5 Å². The van der Waals surface area contributed by atoms with Crippen LogP contribution in [0.4, 0.5) is 0 Å². The van der Waals surface area contributed by atoms with E-state index >= 15 is 0 Å². The van der Waals surface area contributed by atoms with Gasteiger partial charge >= 0.3 is 5.97 Å². The zero-order chi connectivity index (χ0) is 12.9. The van der Waals surface area contributed by atoms with Gasteiger partial charge in [-0.2, -0.15) is 0 Å². The molecule has 100 valence electrons. The van der Waals surface area contributed by atoms with Crippen molar-refractivity contribution in [2.45, 2.75) is 6.42 Å². The first kappa shape index (κ1) is 14.4. The van der Waals surface area contributed by atoms with Gasteiger partial charge < -0.3 is 10.1 Å². The van der Waals surface area contributed by atoms with E-state index in [0.717, 1.165) is 0 Å². The Balaban J connectivity index is 2.74. The van der Waals surface area contributed by atoms with Gasteiger partial charge in [-0.15, -0.1) is 3.77 Å². The zero-order valence-electron chi connectivity index (χ0n) is 9.55. The molecule has 1 fully saturated rings. The third-order valence-electron chi connectivity index (χ3n) is 2.24. The second kappa shape index (κ2) is 5.78. The average molecular weight is 284 g/mol. The van der Waals surface area contributed by atoms with Crippen LogP contribution in [0, 0.1) is 0 Å². The summed E-state index contributed by atoms with van der Waals surface area (Å²) in [4.78, 5) is 10.8. The van der Waals surface area contributed by atoms with Crippen molar-refractivity contribution in [2.75, 3.05) is 37.5 Å². The van der Waals surface area contributed by atoms with Crippen LogP contribution in [-0.2, 0) is 29.3 Å². The highest BCUT2D eigenvalue weighted by molar-refractivity contribution is 8.03. The molecule has 0 aliphatic carbocycles. The van der Waals surface area contributed by atoms with E-state index in [-0.39, 0.29) is 17.9 Å². The molecule has 0 bridgehead atoms. The van der Waals surface area contributed by atoms with E-state index in [9.17, 15) is 17.4 Å². The molecule has 0 aromatic carbocycles. The van der Waals surface area contributed by atoms with Crippen LogP contribution in [0.3, 0.4) is 0 Å². The Kier molecular flexibility index (Phi) is 4.90. The quantitative estimate of drug-likeness (QED) is 0.661. The van der Waals surface area contributed by atoms with E-state index in [2.05, 4.69) is 13.8 Å². The summed E-state index contributed by atoms with van der Waals surface area (Å²) in [5.74, 6) is -0.622. The number of sulfonamides is 1. The average Bonchev–Trinajstić information content (AvgIpc) is 2.25. The van der Waals surface area contributed by atoms with Gasteiger partial charge in [-0.25, -0.2) is 12.6 Å². The molecule has 1 heterocycles. The van der Waals surface area contributed by atoms with E-state index in [1.54, 1.807) is 0 Å². The Morgan fingerprint density at radius 3 is 2.53 bits per heavy atom. The smallest absolute Gasteiger partial charge is 0.306 e. The third kappa shape index (κ3) is 5.00. The van der Waals surface area contributed by atoms with Crippen LogP contribution in [-0.4, -0.2) is 56.1 Å². The number of carbonyl (C=O) groups is 1. The lowest BCUT2D eigenvalue weighted by atomic mass is 10.5.